The summed E-state index contributed by atoms with van der Waals surface area (Å²) in [5, 5.41) is 0. The fourth-order valence-electron chi connectivity index (χ4n) is 2.49. The lowest BCUT2D eigenvalue weighted by Crippen LogP contribution is -2.34. The minimum Gasteiger partial charge on any atom is -0.462 e. The Balaban J connectivity index is 1.94. The number of nitrogens with zero attached hydrogens (tertiary/aromatic N) is 1. The molecule has 0 amide bonds. The first-order valence-electron chi connectivity index (χ1n) is 6.65. The largest absolute Gasteiger partial charge is 0.462 e. The first-order valence-corrected chi connectivity index (χ1v) is 6.65. The van der Waals surface area contributed by atoms with Crippen molar-refractivity contribution in [3.05, 3.63) is 59.9 Å². The maximum absolute atomic E-state index is 5.95. The van der Waals surface area contributed by atoms with Gasteiger partial charge in [-0.15, -0.1) is 0 Å². The Labute approximate surface area is 113 Å². The van der Waals surface area contributed by atoms with Gasteiger partial charge < -0.3 is 9.47 Å². The van der Waals surface area contributed by atoms with Crippen molar-refractivity contribution in [3.63, 3.8) is 0 Å². The van der Waals surface area contributed by atoms with Gasteiger partial charge in [0, 0.05) is 19.2 Å². The van der Waals surface area contributed by atoms with E-state index < -0.39 is 0 Å². The maximum atomic E-state index is 5.95. The Hall–Kier alpha value is -1.87. The highest BCUT2D eigenvalue weighted by Gasteiger charge is 2.32. The topological polar surface area (TPSA) is 31.4 Å². The highest BCUT2D eigenvalue weighted by molar-refractivity contribution is 5.33. The highest BCUT2D eigenvalue weighted by atomic mass is 16.7. The molecule has 3 heteroatoms. The van der Waals surface area contributed by atoms with Crippen LogP contribution in [0.25, 0.3) is 0 Å². The fourth-order valence-corrected chi connectivity index (χ4v) is 2.49. The van der Waals surface area contributed by atoms with Crippen LogP contribution in [0.3, 0.4) is 0 Å². The molecule has 1 aliphatic heterocycles. The second-order valence-electron chi connectivity index (χ2n) is 4.61. The van der Waals surface area contributed by atoms with Crippen LogP contribution in [0.2, 0.25) is 0 Å². The van der Waals surface area contributed by atoms with Crippen LogP contribution < -0.4 is 4.74 Å². The summed E-state index contributed by atoms with van der Waals surface area (Å²) in [7, 11) is 0. The van der Waals surface area contributed by atoms with E-state index in [1.807, 2.05) is 43.5 Å². The van der Waals surface area contributed by atoms with Gasteiger partial charge in [-0.25, -0.2) is 0 Å². The molecule has 0 N–H and O–H groups in total. The number of rotatable bonds is 3. The molecule has 0 saturated carbocycles. The van der Waals surface area contributed by atoms with E-state index in [0.717, 1.165) is 17.9 Å². The standard InChI is InChI=1S/C16H17NO2/c1-2-18-16-13(12-7-4-3-5-8-12)11-14-15(19-16)9-6-10-17-14/h3-10,13,16H,2,11H2,1H3. The number of aromatic nitrogens is 1. The van der Waals surface area contributed by atoms with Crippen LogP contribution in [-0.2, 0) is 11.2 Å². The van der Waals surface area contributed by atoms with Gasteiger partial charge in [-0.05, 0) is 24.6 Å². The Morgan fingerprint density at radius 2 is 2.05 bits per heavy atom. The van der Waals surface area contributed by atoms with E-state index >= 15 is 0 Å². The number of hydrogen-bond acceptors (Lipinski definition) is 3. The third-order valence-corrected chi connectivity index (χ3v) is 3.39. The van der Waals surface area contributed by atoms with Crippen molar-refractivity contribution in [2.45, 2.75) is 25.6 Å². The van der Waals surface area contributed by atoms with Crippen LogP contribution in [0, 0.1) is 0 Å². The van der Waals surface area contributed by atoms with Crippen LogP contribution in [0.4, 0.5) is 0 Å². The van der Waals surface area contributed by atoms with E-state index in [1.54, 1.807) is 0 Å². The molecule has 0 bridgehead atoms. The molecule has 0 spiro atoms. The SMILES string of the molecule is CCOC1Oc2cccnc2CC1c1ccccc1. The van der Waals surface area contributed by atoms with Crippen molar-refractivity contribution in [2.24, 2.45) is 0 Å². The third kappa shape index (κ3) is 2.47. The molecule has 1 aliphatic rings. The highest BCUT2D eigenvalue weighted by Crippen LogP contribution is 2.35. The summed E-state index contributed by atoms with van der Waals surface area (Å²) in [6.07, 6.45) is 2.43. The molecule has 3 rings (SSSR count). The first kappa shape index (κ1) is 12.2. The Morgan fingerprint density at radius 3 is 2.84 bits per heavy atom. The van der Waals surface area contributed by atoms with Crippen molar-refractivity contribution in [1.29, 1.82) is 0 Å². The average molecular weight is 255 g/mol. The zero-order chi connectivity index (χ0) is 13.1. The summed E-state index contributed by atoms with van der Waals surface area (Å²) in [5.74, 6) is 1.04. The van der Waals surface area contributed by atoms with Gasteiger partial charge >= 0.3 is 0 Å². The van der Waals surface area contributed by atoms with E-state index in [0.29, 0.717) is 6.61 Å². The number of hydrogen-bond donors (Lipinski definition) is 0. The third-order valence-electron chi connectivity index (χ3n) is 3.39. The number of pyridine rings is 1. The summed E-state index contributed by atoms with van der Waals surface area (Å²) in [6, 6.07) is 14.2. The summed E-state index contributed by atoms with van der Waals surface area (Å²) in [4.78, 5) is 4.41. The monoisotopic (exact) mass is 255 g/mol. The molecule has 98 valence electrons. The van der Waals surface area contributed by atoms with E-state index in [9.17, 15) is 0 Å². The molecule has 1 aromatic carbocycles. The molecule has 3 nitrogen and oxygen atoms in total. The van der Waals surface area contributed by atoms with E-state index in [1.165, 1.54) is 5.56 Å². The second kappa shape index (κ2) is 5.41. The van der Waals surface area contributed by atoms with Crippen molar-refractivity contribution < 1.29 is 9.47 Å². The molecule has 2 heterocycles. The molecule has 2 unspecified atom stereocenters. The smallest absolute Gasteiger partial charge is 0.207 e. The molecule has 1 aromatic heterocycles. The van der Waals surface area contributed by atoms with E-state index in [4.69, 9.17) is 9.47 Å². The van der Waals surface area contributed by atoms with Gasteiger partial charge in [0.05, 0.1) is 11.6 Å². The predicted molar refractivity (Wildman–Crippen MR) is 73.2 cm³/mol. The number of ether oxygens (including phenoxy) is 2. The summed E-state index contributed by atoms with van der Waals surface area (Å²) < 4.78 is 11.7. The molecule has 0 saturated heterocycles. The van der Waals surface area contributed by atoms with Gasteiger partial charge in [-0.2, -0.15) is 0 Å². The molecular formula is C16H17NO2. The van der Waals surface area contributed by atoms with Crippen molar-refractivity contribution in [3.8, 4) is 5.75 Å². The van der Waals surface area contributed by atoms with E-state index in [-0.39, 0.29) is 12.2 Å². The zero-order valence-corrected chi connectivity index (χ0v) is 11.0. The summed E-state index contributed by atoms with van der Waals surface area (Å²) in [5.41, 5.74) is 2.24. The molecular weight excluding hydrogens is 238 g/mol. The van der Waals surface area contributed by atoms with Gasteiger partial charge in [0.2, 0.25) is 6.29 Å². The first-order chi connectivity index (χ1) is 9.38. The minimum atomic E-state index is -0.232. The van der Waals surface area contributed by atoms with Gasteiger partial charge in [-0.3, -0.25) is 4.98 Å². The van der Waals surface area contributed by atoms with Gasteiger partial charge in [0.1, 0.15) is 5.75 Å². The molecule has 19 heavy (non-hydrogen) atoms. The normalized spacial score (nSPS) is 21.5. The second-order valence-corrected chi connectivity index (χ2v) is 4.61. The van der Waals surface area contributed by atoms with Crippen LogP contribution in [-0.4, -0.2) is 17.9 Å². The lowest BCUT2D eigenvalue weighted by atomic mass is 9.91. The van der Waals surface area contributed by atoms with Crippen LogP contribution in [0.5, 0.6) is 5.75 Å². The predicted octanol–water partition coefficient (Wildman–Crippen LogP) is 3.16. The molecule has 2 atom stereocenters. The number of benzene rings is 1. The Bertz CT molecular complexity index is 541. The molecule has 2 aromatic rings. The molecule has 0 radical (unpaired) electrons. The van der Waals surface area contributed by atoms with Gasteiger partial charge in [0.25, 0.3) is 0 Å². The van der Waals surface area contributed by atoms with E-state index in [2.05, 4.69) is 17.1 Å². The lowest BCUT2D eigenvalue weighted by molar-refractivity contribution is -0.100. The van der Waals surface area contributed by atoms with Gasteiger partial charge in [-0.1, -0.05) is 30.3 Å². The van der Waals surface area contributed by atoms with Crippen LogP contribution in [0.15, 0.2) is 48.7 Å². The van der Waals surface area contributed by atoms with Crippen molar-refractivity contribution in [1.82, 2.24) is 4.98 Å². The van der Waals surface area contributed by atoms with Crippen molar-refractivity contribution in [2.75, 3.05) is 6.61 Å². The molecule has 0 aliphatic carbocycles. The summed E-state index contributed by atoms with van der Waals surface area (Å²) >= 11 is 0. The van der Waals surface area contributed by atoms with Gasteiger partial charge in [0.15, 0.2) is 0 Å². The lowest BCUT2D eigenvalue weighted by Gasteiger charge is -2.32. The fraction of sp³-hybridized carbons (Fsp3) is 0.312. The van der Waals surface area contributed by atoms with Crippen molar-refractivity contribution >= 4 is 0 Å². The summed E-state index contributed by atoms with van der Waals surface area (Å²) in [6.45, 7) is 2.63. The van der Waals surface area contributed by atoms with Crippen LogP contribution in [0.1, 0.15) is 24.1 Å². The average Bonchev–Trinajstić information content (AvgIpc) is 2.48. The Morgan fingerprint density at radius 1 is 1.21 bits per heavy atom. The molecule has 0 fully saturated rings. The zero-order valence-electron chi connectivity index (χ0n) is 11.0. The van der Waals surface area contributed by atoms with Crippen LogP contribution >= 0.6 is 0 Å². The Kier molecular flexibility index (Phi) is 3.47. The number of fused-ring (bicyclic) bond motifs is 1. The maximum Gasteiger partial charge on any atom is 0.207 e. The minimum absolute atomic E-state index is 0.198. The quantitative estimate of drug-likeness (QED) is 0.844.